The molecule has 0 radical (unpaired) electrons. The van der Waals surface area contributed by atoms with Crippen molar-refractivity contribution in [2.24, 2.45) is 0 Å². The van der Waals surface area contributed by atoms with Crippen LogP contribution < -0.4 is 9.64 Å². The molecule has 1 aliphatic carbocycles. The first-order chi connectivity index (χ1) is 13.8. The molecule has 2 aliphatic rings. The van der Waals surface area contributed by atoms with Gasteiger partial charge in [-0.05, 0) is 58.7 Å². The minimum atomic E-state index is -0.227. The summed E-state index contributed by atoms with van der Waals surface area (Å²) in [4.78, 5) is 24.8. The third kappa shape index (κ3) is 2.96. The van der Waals surface area contributed by atoms with Crippen LogP contribution in [-0.4, -0.2) is 38.8 Å². The molecule has 0 saturated heterocycles. The fourth-order valence-corrected chi connectivity index (χ4v) is 3.93. The Labute approximate surface area is 169 Å². The van der Waals surface area contributed by atoms with Gasteiger partial charge in [0.2, 0.25) is 0 Å². The molecule has 0 bridgehead atoms. The van der Waals surface area contributed by atoms with Crippen molar-refractivity contribution in [3.05, 3.63) is 41.3 Å². The number of fused-ring (bicyclic) bond motifs is 2. The number of hydrogen-bond acceptors (Lipinski definition) is 5. The van der Waals surface area contributed by atoms with Gasteiger partial charge in [0.05, 0.1) is 28.7 Å². The topological polar surface area (TPSA) is 73.1 Å². The number of hydrogen-bond donors (Lipinski definition) is 0. The molecule has 150 valence electrons. The van der Waals surface area contributed by atoms with E-state index in [0.29, 0.717) is 36.2 Å². The fourth-order valence-electron chi connectivity index (χ4n) is 3.93. The Kier molecular flexibility index (Phi) is 3.91. The third-order valence-electron chi connectivity index (χ3n) is 5.52. The van der Waals surface area contributed by atoms with Crippen molar-refractivity contribution in [3.8, 4) is 5.75 Å². The lowest BCUT2D eigenvalue weighted by Crippen LogP contribution is -2.38. The van der Waals surface area contributed by atoms with E-state index in [2.05, 4.69) is 25.8 Å². The molecular formula is C22H25N5O2. The van der Waals surface area contributed by atoms with Crippen LogP contribution in [0.2, 0.25) is 0 Å². The predicted molar refractivity (Wildman–Crippen MR) is 111 cm³/mol. The molecule has 0 N–H and O–H groups in total. The zero-order chi connectivity index (χ0) is 20.3. The largest absolute Gasteiger partial charge is 0.488 e. The molecule has 0 atom stereocenters. The number of aromatic nitrogens is 4. The predicted octanol–water partition coefficient (Wildman–Crippen LogP) is 3.81. The van der Waals surface area contributed by atoms with Gasteiger partial charge < -0.3 is 4.74 Å². The van der Waals surface area contributed by atoms with E-state index in [9.17, 15) is 4.79 Å². The highest BCUT2D eigenvalue weighted by Crippen LogP contribution is 2.41. The summed E-state index contributed by atoms with van der Waals surface area (Å²) in [5.74, 6) is 1.58. The average molecular weight is 391 g/mol. The van der Waals surface area contributed by atoms with Crippen LogP contribution in [0, 0.1) is 6.92 Å². The van der Waals surface area contributed by atoms with Gasteiger partial charge in [0.15, 0.2) is 17.2 Å². The van der Waals surface area contributed by atoms with Gasteiger partial charge in [-0.2, -0.15) is 5.10 Å². The number of pyridine rings is 2. The molecule has 29 heavy (non-hydrogen) atoms. The van der Waals surface area contributed by atoms with Crippen molar-refractivity contribution >= 4 is 22.8 Å². The Morgan fingerprint density at radius 2 is 2.07 bits per heavy atom. The molecule has 1 fully saturated rings. The second-order valence-corrected chi connectivity index (χ2v) is 8.87. The van der Waals surface area contributed by atoms with Crippen LogP contribution in [0.3, 0.4) is 0 Å². The minimum absolute atomic E-state index is 0.0703. The van der Waals surface area contributed by atoms with E-state index in [1.807, 2.05) is 29.8 Å². The van der Waals surface area contributed by atoms with Gasteiger partial charge >= 0.3 is 0 Å². The quantitative estimate of drug-likeness (QED) is 0.664. The van der Waals surface area contributed by atoms with E-state index >= 15 is 0 Å². The fraction of sp³-hybridized carbons (Fsp3) is 0.455. The molecule has 3 aromatic heterocycles. The molecule has 0 spiro atoms. The molecule has 1 amide bonds. The lowest BCUT2D eigenvalue weighted by molar-refractivity contribution is 0.0976. The summed E-state index contributed by atoms with van der Waals surface area (Å²) < 4.78 is 7.64. The second-order valence-electron chi connectivity index (χ2n) is 8.87. The summed E-state index contributed by atoms with van der Waals surface area (Å²) in [7, 11) is 0. The van der Waals surface area contributed by atoms with Crippen LogP contribution in [0.25, 0.3) is 11.0 Å². The van der Waals surface area contributed by atoms with Gasteiger partial charge in [0, 0.05) is 17.8 Å². The van der Waals surface area contributed by atoms with Crippen LogP contribution in [-0.2, 0) is 5.54 Å². The number of ether oxygens (including phenoxy) is 1. The SMILES string of the molecule is Cc1nn(C(C)(C)C)c2nc(C3CC3)cc(C(=O)N3CCOc4cccnc43)c12. The highest BCUT2D eigenvalue weighted by Gasteiger charge is 2.33. The molecule has 7 heteroatoms. The Morgan fingerprint density at radius 3 is 2.79 bits per heavy atom. The molecule has 0 aromatic carbocycles. The van der Waals surface area contributed by atoms with Crippen LogP contribution in [0.4, 0.5) is 5.82 Å². The molecule has 3 aromatic rings. The molecule has 1 aliphatic heterocycles. The molecular weight excluding hydrogens is 366 g/mol. The Bertz CT molecular complexity index is 1120. The van der Waals surface area contributed by atoms with Crippen LogP contribution in [0.5, 0.6) is 5.75 Å². The summed E-state index contributed by atoms with van der Waals surface area (Å²) >= 11 is 0. The van der Waals surface area contributed by atoms with E-state index in [1.54, 1.807) is 11.1 Å². The Morgan fingerprint density at radius 1 is 1.28 bits per heavy atom. The lowest BCUT2D eigenvalue weighted by Gasteiger charge is -2.28. The monoisotopic (exact) mass is 391 g/mol. The first-order valence-electron chi connectivity index (χ1n) is 10.1. The molecule has 1 saturated carbocycles. The lowest BCUT2D eigenvalue weighted by atomic mass is 10.1. The summed E-state index contributed by atoms with van der Waals surface area (Å²) in [6.45, 7) is 9.19. The number of anilines is 1. The van der Waals surface area contributed by atoms with Crippen molar-refractivity contribution in [1.82, 2.24) is 19.7 Å². The van der Waals surface area contributed by atoms with E-state index in [1.165, 1.54) is 0 Å². The highest BCUT2D eigenvalue weighted by molar-refractivity contribution is 6.14. The standard InChI is InChI=1S/C22H25N5O2/c1-13-18-15(21(28)26-10-11-29-17-6-5-9-23-19(17)26)12-16(14-7-8-14)24-20(18)27(25-13)22(2,3)4/h5-6,9,12,14H,7-8,10-11H2,1-4H3. The molecule has 7 nitrogen and oxygen atoms in total. The Hall–Kier alpha value is -2.96. The minimum Gasteiger partial charge on any atom is -0.488 e. The van der Waals surface area contributed by atoms with Crippen molar-refractivity contribution < 1.29 is 9.53 Å². The molecule has 5 rings (SSSR count). The zero-order valence-corrected chi connectivity index (χ0v) is 17.3. The van der Waals surface area contributed by atoms with Crippen LogP contribution in [0.15, 0.2) is 24.4 Å². The first kappa shape index (κ1) is 18.1. The second kappa shape index (κ2) is 6.27. The van der Waals surface area contributed by atoms with E-state index in [4.69, 9.17) is 14.8 Å². The van der Waals surface area contributed by atoms with Crippen molar-refractivity contribution in [2.75, 3.05) is 18.1 Å². The number of amides is 1. The van der Waals surface area contributed by atoms with Gasteiger partial charge in [-0.3, -0.25) is 9.69 Å². The normalized spacial score (nSPS) is 16.6. The maximum absolute atomic E-state index is 13.7. The van der Waals surface area contributed by atoms with Crippen molar-refractivity contribution in [3.63, 3.8) is 0 Å². The summed E-state index contributed by atoms with van der Waals surface area (Å²) in [6.07, 6.45) is 3.93. The van der Waals surface area contributed by atoms with Gasteiger partial charge in [-0.1, -0.05) is 0 Å². The summed E-state index contributed by atoms with van der Waals surface area (Å²) in [5, 5.41) is 5.59. The number of rotatable bonds is 2. The van der Waals surface area contributed by atoms with Crippen molar-refractivity contribution in [1.29, 1.82) is 0 Å². The van der Waals surface area contributed by atoms with Gasteiger partial charge in [-0.25, -0.2) is 14.6 Å². The summed E-state index contributed by atoms with van der Waals surface area (Å²) in [5.41, 5.74) is 3.03. The number of nitrogens with zero attached hydrogens (tertiary/aromatic N) is 5. The first-order valence-corrected chi connectivity index (χ1v) is 10.1. The number of carbonyl (C=O) groups is 1. The van der Waals surface area contributed by atoms with Gasteiger partial charge in [0.1, 0.15) is 6.61 Å². The maximum atomic E-state index is 13.7. The maximum Gasteiger partial charge on any atom is 0.260 e. The molecule has 0 unspecified atom stereocenters. The zero-order valence-electron chi connectivity index (χ0n) is 17.3. The van der Waals surface area contributed by atoms with Crippen molar-refractivity contribution in [2.45, 2.75) is 52.0 Å². The molecule has 4 heterocycles. The number of aryl methyl sites for hydroxylation is 1. The average Bonchev–Trinajstić information content (AvgIpc) is 3.49. The smallest absolute Gasteiger partial charge is 0.260 e. The van der Waals surface area contributed by atoms with Gasteiger partial charge in [-0.15, -0.1) is 0 Å². The highest BCUT2D eigenvalue weighted by atomic mass is 16.5. The van der Waals surface area contributed by atoms with Crippen LogP contribution in [0.1, 0.15) is 61.3 Å². The van der Waals surface area contributed by atoms with Gasteiger partial charge in [0.25, 0.3) is 5.91 Å². The number of carbonyl (C=O) groups excluding carboxylic acids is 1. The van der Waals surface area contributed by atoms with E-state index in [0.717, 1.165) is 35.3 Å². The third-order valence-corrected chi connectivity index (χ3v) is 5.52. The van der Waals surface area contributed by atoms with E-state index < -0.39 is 0 Å². The van der Waals surface area contributed by atoms with Crippen LogP contribution >= 0.6 is 0 Å². The Balaban J connectivity index is 1.71. The van der Waals surface area contributed by atoms with E-state index in [-0.39, 0.29) is 11.4 Å². The summed E-state index contributed by atoms with van der Waals surface area (Å²) in [6, 6.07) is 5.64.